The van der Waals surface area contributed by atoms with Crippen LogP contribution in [0.2, 0.25) is 15.1 Å². The van der Waals surface area contributed by atoms with Gasteiger partial charge in [-0.2, -0.15) is 5.26 Å². The maximum absolute atomic E-state index is 12.8. The molecule has 1 aliphatic rings. The van der Waals surface area contributed by atoms with Crippen molar-refractivity contribution < 1.29 is 9.59 Å². The van der Waals surface area contributed by atoms with E-state index in [9.17, 15) is 9.59 Å². The summed E-state index contributed by atoms with van der Waals surface area (Å²) in [5.74, 6) is -2.09. The Hall–Kier alpha value is -1.68. The second-order valence-corrected chi connectivity index (χ2v) is 9.40. The average molecular weight is 506 g/mol. The third kappa shape index (κ3) is 4.96. The number of nitrogens with zero attached hydrogens (tertiary/aromatic N) is 1. The number of halogens is 5. The van der Waals surface area contributed by atoms with Crippen LogP contribution in [0.3, 0.4) is 0 Å². The molecular weight excluding hydrogens is 492 g/mol. The van der Waals surface area contributed by atoms with E-state index in [1.54, 1.807) is 24.3 Å². The molecule has 1 aliphatic carbocycles. The van der Waals surface area contributed by atoms with Crippen molar-refractivity contribution in [2.24, 2.45) is 5.92 Å². The third-order valence-corrected chi connectivity index (χ3v) is 6.29. The molecular formula is C20H14Cl5N3O2. The maximum Gasteiger partial charge on any atom is 0.252 e. The molecule has 2 aromatic carbocycles. The molecule has 2 amide bonds. The van der Waals surface area contributed by atoms with E-state index in [4.69, 9.17) is 63.3 Å². The number of carbonyl (C=O) groups is 2. The summed E-state index contributed by atoms with van der Waals surface area (Å²) in [6.07, 6.45) is 0.171. The molecule has 30 heavy (non-hydrogen) atoms. The zero-order valence-corrected chi connectivity index (χ0v) is 19.0. The van der Waals surface area contributed by atoms with Gasteiger partial charge < -0.3 is 10.6 Å². The number of carbonyl (C=O) groups excluding carboxylic acids is 2. The fourth-order valence-corrected chi connectivity index (χ4v) is 4.72. The zero-order valence-electron chi connectivity index (χ0n) is 15.2. The molecule has 0 spiro atoms. The predicted molar refractivity (Wildman–Crippen MR) is 120 cm³/mol. The molecule has 0 saturated heterocycles. The van der Waals surface area contributed by atoms with Crippen LogP contribution in [0, 0.1) is 17.2 Å². The monoisotopic (exact) mass is 503 g/mol. The highest BCUT2D eigenvalue weighted by Gasteiger charge is 2.67. The minimum atomic E-state index is -1.32. The Morgan fingerprint density at radius 3 is 2.37 bits per heavy atom. The minimum Gasteiger partial charge on any atom is -0.351 e. The molecule has 1 saturated carbocycles. The Labute approximate surface area is 198 Å². The van der Waals surface area contributed by atoms with Crippen molar-refractivity contribution >= 4 is 75.5 Å². The summed E-state index contributed by atoms with van der Waals surface area (Å²) in [4.78, 5) is 25.0. The summed E-state index contributed by atoms with van der Waals surface area (Å²) in [5, 5.41) is 14.9. The number of alkyl halides is 2. The molecule has 0 radical (unpaired) electrons. The van der Waals surface area contributed by atoms with Gasteiger partial charge in [0.25, 0.3) is 5.91 Å². The molecule has 2 aromatic rings. The molecule has 0 bridgehead atoms. The van der Waals surface area contributed by atoms with Gasteiger partial charge in [-0.3, -0.25) is 9.59 Å². The van der Waals surface area contributed by atoms with Crippen LogP contribution in [-0.4, -0.2) is 22.7 Å². The van der Waals surface area contributed by atoms with Crippen LogP contribution in [0.15, 0.2) is 36.4 Å². The Bertz CT molecular complexity index is 1030. The number of nitriles is 1. The lowest BCUT2D eigenvalue weighted by Gasteiger charge is -2.10. The topological polar surface area (TPSA) is 82.0 Å². The molecule has 0 heterocycles. The van der Waals surface area contributed by atoms with Crippen LogP contribution in [0.25, 0.3) is 0 Å². The van der Waals surface area contributed by atoms with E-state index >= 15 is 0 Å². The van der Waals surface area contributed by atoms with Crippen molar-refractivity contribution in [3.8, 4) is 6.07 Å². The largest absolute Gasteiger partial charge is 0.351 e. The van der Waals surface area contributed by atoms with Crippen LogP contribution in [0.4, 0.5) is 5.69 Å². The predicted octanol–water partition coefficient (Wildman–Crippen LogP) is 5.82. The standard InChI is InChI=1S/C20H14Cl5N3O2/c21-11-6-10(7-12(22)8-11)16-17(20(16,24)25)19(30)28-13-2-3-15(23)14(9-13)18(29)27-5-1-4-26/h2-3,6-9,16-17H,1,5H2,(H,27,29)(H,28,30)/t16-,17+/m1/s1. The van der Waals surface area contributed by atoms with Gasteiger partial charge in [-0.15, -0.1) is 23.2 Å². The van der Waals surface area contributed by atoms with Gasteiger partial charge >= 0.3 is 0 Å². The Kier molecular flexibility index (Phi) is 7.06. The molecule has 156 valence electrons. The lowest BCUT2D eigenvalue weighted by molar-refractivity contribution is -0.117. The number of nitrogens with one attached hydrogen (secondary N) is 2. The van der Waals surface area contributed by atoms with Crippen molar-refractivity contribution in [3.63, 3.8) is 0 Å². The molecule has 0 unspecified atom stereocenters. The molecule has 3 rings (SSSR count). The van der Waals surface area contributed by atoms with Crippen LogP contribution < -0.4 is 10.6 Å². The highest BCUT2D eigenvalue weighted by molar-refractivity contribution is 6.53. The lowest BCUT2D eigenvalue weighted by atomic mass is 10.1. The average Bonchev–Trinajstić information content (AvgIpc) is 3.25. The number of benzene rings is 2. The fraction of sp³-hybridized carbons (Fsp3) is 0.250. The summed E-state index contributed by atoms with van der Waals surface area (Å²) in [6, 6.07) is 11.3. The zero-order chi connectivity index (χ0) is 22.1. The molecule has 10 heteroatoms. The van der Waals surface area contributed by atoms with Crippen LogP contribution in [-0.2, 0) is 4.79 Å². The van der Waals surface area contributed by atoms with Gasteiger partial charge in [0.05, 0.1) is 29.0 Å². The number of hydrogen-bond donors (Lipinski definition) is 2. The van der Waals surface area contributed by atoms with E-state index in [0.29, 0.717) is 21.3 Å². The molecule has 5 nitrogen and oxygen atoms in total. The van der Waals surface area contributed by atoms with Gasteiger partial charge in [0.1, 0.15) is 4.33 Å². The van der Waals surface area contributed by atoms with Crippen molar-refractivity contribution in [1.29, 1.82) is 5.26 Å². The highest BCUT2D eigenvalue weighted by atomic mass is 35.5. The second kappa shape index (κ2) is 9.21. The quantitative estimate of drug-likeness (QED) is 0.384. The number of amides is 2. The minimum absolute atomic E-state index is 0.171. The Morgan fingerprint density at radius 2 is 1.73 bits per heavy atom. The lowest BCUT2D eigenvalue weighted by Crippen LogP contribution is -2.25. The molecule has 0 aliphatic heterocycles. The normalized spacial score (nSPS) is 18.9. The van der Waals surface area contributed by atoms with E-state index < -0.39 is 28.0 Å². The van der Waals surface area contributed by atoms with Gasteiger partial charge in [-0.25, -0.2) is 0 Å². The Morgan fingerprint density at radius 1 is 1.07 bits per heavy atom. The van der Waals surface area contributed by atoms with Crippen LogP contribution in [0.5, 0.6) is 0 Å². The SMILES string of the molecule is N#CCCNC(=O)c1cc(NC(=O)[C@@H]2[C@@H](c3cc(Cl)cc(Cl)c3)C2(Cl)Cl)ccc1Cl. The summed E-state index contributed by atoms with van der Waals surface area (Å²) in [7, 11) is 0. The van der Waals surface area contributed by atoms with Crippen LogP contribution in [0.1, 0.15) is 28.3 Å². The fourth-order valence-electron chi connectivity index (χ4n) is 3.15. The first-order valence-electron chi connectivity index (χ1n) is 8.74. The van der Waals surface area contributed by atoms with Gasteiger partial charge in [0.2, 0.25) is 5.91 Å². The summed E-state index contributed by atoms with van der Waals surface area (Å²) in [5.41, 5.74) is 1.18. The number of rotatable bonds is 6. The van der Waals surface area contributed by atoms with Gasteiger partial charge in [0.15, 0.2) is 0 Å². The number of hydrogen-bond acceptors (Lipinski definition) is 3. The molecule has 2 atom stereocenters. The van der Waals surface area contributed by atoms with Crippen molar-refractivity contribution in [2.75, 3.05) is 11.9 Å². The van der Waals surface area contributed by atoms with E-state index in [-0.39, 0.29) is 23.6 Å². The Balaban J connectivity index is 1.75. The van der Waals surface area contributed by atoms with Crippen molar-refractivity contribution in [2.45, 2.75) is 16.7 Å². The van der Waals surface area contributed by atoms with E-state index in [0.717, 1.165) is 0 Å². The molecule has 2 N–H and O–H groups in total. The van der Waals surface area contributed by atoms with E-state index in [2.05, 4.69) is 10.6 Å². The van der Waals surface area contributed by atoms with Crippen molar-refractivity contribution in [1.82, 2.24) is 5.32 Å². The number of anilines is 1. The van der Waals surface area contributed by atoms with E-state index in [1.165, 1.54) is 12.1 Å². The molecule has 1 fully saturated rings. The smallest absolute Gasteiger partial charge is 0.252 e. The first kappa shape index (κ1) is 23.0. The molecule has 0 aromatic heterocycles. The third-order valence-electron chi connectivity index (χ3n) is 4.58. The summed E-state index contributed by atoms with van der Waals surface area (Å²) >= 11 is 30.9. The van der Waals surface area contributed by atoms with Gasteiger partial charge in [-0.05, 0) is 42.0 Å². The summed E-state index contributed by atoms with van der Waals surface area (Å²) < 4.78 is -1.32. The highest BCUT2D eigenvalue weighted by Crippen LogP contribution is 2.65. The second-order valence-electron chi connectivity index (χ2n) is 6.68. The summed E-state index contributed by atoms with van der Waals surface area (Å²) in [6.45, 7) is 0.190. The maximum atomic E-state index is 12.8. The van der Waals surface area contributed by atoms with Gasteiger partial charge in [-0.1, -0.05) is 34.8 Å². The first-order valence-corrected chi connectivity index (χ1v) is 10.6. The van der Waals surface area contributed by atoms with E-state index in [1.807, 2.05) is 6.07 Å². The van der Waals surface area contributed by atoms with Crippen LogP contribution >= 0.6 is 58.0 Å². The van der Waals surface area contributed by atoms with Crippen molar-refractivity contribution in [3.05, 3.63) is 62.6 Å². The van der Waals surface area contributed by atoms with Gasteiger partial charge in [0, 0.05) is 28.2 Å². The first-order chi connectivity index (χ1) is 14.1.